The number of aliphatic hydroxyl groups excluding tert-OH is 1. The number of nitrogens with zero attached hydrogens (tertiary/aromatic N) is 1. The van der Waals surface area contributed by atoms with Gasteiger partial charge in [0.05, 0.1) is 6.61 Å². The fourth-order valence-electron chi connectivity index (χ4n) is 0.970. The number of hydrogen-bond acceptors (Lipinski definition) is 4. The Morgan fingerprint density at radius 2 is 2.47 bits per heavy atom. The number of aromatic nitrogens is 1. The van der Waals surface area contributed by atoms with Gasteiger partial charge in [0, 0.05) is 0 Å². The Labute approximate surface area is 102 Å². The molecule has 1 aromatic heterocycles. The van der Waals surface area contributed by atoms with Gasteiger partial charge in [0.25, 0.3) is 5.88 Å². The lowest BCUT2D eigenvalue weighted by Crippen LogP contribution is -1.98. The number of unbranched alkanes of at least 4 members (excludes halogenated alkanes) is 1. The zero-order chi connectivity index (χ0) is 11.3. The van der Waals surface area contributed by atoms with Gasteiger partial charge in [0.2, 0.25) is 0 Å². The summed E-state index contributed by atoms with van der Waals surface area (Å²) in [6.07, 6.45) is 2.60. The second-order valence-corrected chi connectivity index (χ2v) is 4.13. The highest BCUT2D eigenvalue weighted by atomic mass is 127. The third kappa shape index (κ3) is 3.20. The minimum atomic E-state index is -0.826. The van der Waals surface area contributed by atoms with E-state index in [-0.39, 0.29) is 0 Å². The molecule has 1 atom stereocenters. The molecular formula is C10H14INO3. The Morgan fingerprint density at radius 1 is 1.73 bits per heavy atom. The average Bonchev–Trinajstić information content (AvgIpc) is 2.60. The summed E-state index contributed by atoms with van der Waals surface area (Å²) >= 11 is 2.04. The first-order chi connectivity index (χ1) is 7.20. The van der Waals surface area contributed by atoms with E-state index in [4.69, 9.17) is 9.26 Å². The Hall–Kier alpha value is -0.560. The molecule has 0 aliphatic carbocycles. The molecule has 0 aliphatic heterocycles. The highest BCUT2D eigenvalue weighted by Gasteiger charge is 2.19. The molecule has 15 heavy (non-hydrogen) atoms. The van der Waals surface area contributed by atoms with E-state index in [1.807, 2.05) is 22.6 Å². The second-order valence-electron chi connectivity index (χ2n) is 3.05. The van der Waals surface area contributed by atoms with Crippen LogP contribution in [0.25, 0.3) is 0 Å². The molecule has 0 aromatic carbocycles. The number of aliphatic hydroxyl groups is 1. The van der Waals surface area contributed by atoms with Crippen molar-refractivity contribution in [3.05, 3.63) is 22.0 Å². The van der Waals surface area contributed by atoms with Crippen molar-refractivity contribution < 1.29 is 14.4 Å². The highest BCUT2D eigenvalue weighted by molar-refractivity contribution is 14.1. The molecule has 0 spiro atoms. The standard InChI is InChI=1S/C10H14INO3/c1-3-5-6-14-10-8(11)9(15-12-10)7(13)4-2/h4,7,13H,2-3,5-6H2,1H3/t7-/m0/s1. The number of rotatable bonds is 6. The zero-order valence-corrected chi connectivity index (χ0v) is 10.7. The maximum atomic E-state index is 9.48. The molecule has 5 heteroatoms. The molecule has 84 valence electrons. The fourth-order valence-corrected chi connectivity index (χ4v) is 1.64. The third-order valence-electron chi connectivity index (χ3n) is 1.86. The van der Waals surface area contributed by atoms with Crippen molar-refractivity contribution in [3.8, 4) is 5.88 Å². The number of ether oxygens (including phenoxy) is 1. The molecule has 0 saturated heterocycles. The van der Waals surface area contributed by atoms with Gasteiger partial charge in [-0.1, -0.05) is 19.4 Å². The van der Waals surface area contributed by atoms with Crippen LogP contribution in [0, 0.1) is 3.57 Å². The number of halogens is 1. The molecule has 0 radical (unpaired) electrons. The highest BCUT2D eigenvalue weighted by Crippen LogP contribution is 2.28. The summed E-state index contributed by atoms with van der Waals surface area (Å²) in [7, 11) is 0. The van der Waals surface area contributed by atoms with Crippen LogP contribution in [-0.2, 0) is 0 Å². The maximum absolute atomic E-state index is 9.48. The van der Waals surface area contributed by atoms with Gasteiger partial charge < -0.3 is 14.4 Å². The second kappa shape index (κ2) is 6.12. The first-order valence-electron chi connectivity index (χ1n) is 4.79. The molecule has 0 bridgehead atoms. The lowest BCUT2D eigenvalue weighted by atomic mass is 10.3. The van der Waals surface area contributed by atoms with Crippen LogP contribution in [0.1, 0.15) is 31.6 Å². The summed E-state index contributed by atoms with van der Waals surface area (Å²) in [4.78, 5) is 0. The number of hydrogen-bond donors (Lipinski definition) is 1. The fraction of sp³-hybridized carbons (Fsp3) is 0.500. The summed E-state index contributed by atoms with van der Waals surface area (Å²) in [5, 5.41) is 13.2. The van der Waals surface area contributed by atoms with Gasteiger partial charge in [-0.3, -0.25) is 0 Å². The molecule has 0 amide bonds. The minimum absolute atomic E-state index is 0.386. The maximum Gasteiger partial charge on any atom is 0.268 e. The molecule has 1 aromatic rings. The topological polar surface area (TPSA) is 55.5 Å². The van der Waals surface area contributed by atoms with E-state index in [0.29, 0.717) is 21.8 Å². The lowest BCUT2D eigenvalue weighted by Gasteiger charge is -2.01. The van der Waals surface area contributed by atoms with Crippen molar-refractivity contribution in [2.45, 2.75) is 25.9 Å². The van der Waals surface area contributed by atoms with Crippen LogP contribution in [0.15, 0.2) is 17.2 Å². The lowest BCUT2D eigenvalue weighted by molar-refractivity contribution is 0.180. The van der Waals surface area contributed by atoms with Gasteiger partial charge in [-0.15, -0.1) is 6.58 Å². The Kier molecular flexibility index (Phi) is 5.10. The third-order valence-corrected chi connectivity index (χ3v) is 2.85. The van der Waals surface area contributed by atoms with E-state index < -0.39 is 6.10 Å². The van der Waals surface area contributed by atoms with Crippen molar-refractivity contribution >= 4 is 22.6 Å². The zero-order valence-electron chi connectivity index (χ0n) is 8.57. The van der Waals surface area contributed by atoms with Crippen molar-refractivity contribution in [2.24, 2.45) is 0 Å². The minimum Gasteiger partial charge on any atom is -0.475 e. The molecule has 0 unspecified atom stereocenters. The van der Waals surface area contributed by atoms with Crippen LogP contribution < -0.4 is 4.74 Å². The van der Waals surface area contributed by atoms with Crippen LogP contribution in [-0.4, -0.2) is 16.9 Å². The predicted octanol–water partition coefficient (Wildman–Crippen LogP) is 2.68. The molecule has 4 nitrogen and oxygen atoms in total. The Balaban J connectivity index is 2.66. The van der Waals surface area contributed by atoms with Crippen LogP contribution in [0.5, 0.6) is 5.88 Å². The molecular weight excluding hydrogens is 309 g/mol. The van der Waals surface area contributed by atoms with Gasteiger partial charge in [-0.05, 0) is 34.2 Å². The van der Waals surface area contributed by atoms with Crippen molar-refractivity contribution in [2.75, 3.05) is 6.61 Å². The molecule has 0 fully saturated rings. The van der Waals surface area contributed by atoms with Crippen LogP contribution >= 0.6 is 22.6 Å². The summed E-state index contributed by atoms with van der Waals surface area (Å²) in [5.74, 6) is 0.831. The molecule has 0 saturated carbocycles. The summed E-state index contributed by atoms with van der Waals surface area (Å²) < 4.78 is 11.1. The van der Waals surface area contributed by atoms with Gasteiger partial charge in [0.15, 0.2) is 5.76 Å². The summed E-state index contributed by atoms with van der Waals surface area (Å²) in [6.45, 7) is 6.18. The van der Waals surface area contributed by atoms with Crippen molar-refractivity contribution in [3.63, 3.8) is 0 Å². The van der Waals surface area contributed by atoms with E-state index in [2.05, 4.69) is 18.7 Å². The average molecular weight is 323 g/mol. The van der Waals surface area contributed by atoms with Gasteiger partial charge >= 0.3 is 0 Å². The smallest absolute Gasteiger partial charge is 0.268 e. The van der Waals surface area contributed by atoms with E-state index in [1.54, 1.807) is 0 Å². The Morgan fingerprint density at radius 3 is 3.07 bits per heavy atom. The molecule has 1 N–H and O–H groups in total. The first-order valence-corrected chi connectivity index (χ1v) is 5.87. The molecule has 1 heterocycles. The Bertz CT molecular complexity index is 324. The van der Waals surface area contributed by atoms with Gasteiger partial charge in [-0.25, -0.2) is 0 Å². The van der Waals surface area contributed by atoms with E-state index in [0.717, 1.165) is 12.8 Å². The van der Waals surface area contributed by atoms with Gasteiger partial charge in [-0.2, -0.15) is 0 Å². The quantitative estimate of drug-likeness (QED) is 0.497. The SMILES string of the molecule is C=C[C@H](O)c1onc(OCCCC)c1I. The molecule has 0 aliphatic rings. The summed E-state index contributed by atoms with van der Waals surface area (Å²) in [6, 6.07) is 0. The van der Waals surface area contributed by atoms with Crippen LogP contribution in [0.4, 0.5) is 0 Å². The van der Waals surface area contributed by atoms with Crippen LogP contribution in [0.2, 0.25) is 0 Å². The largest absolute Gasteiger partial charge is 0.475 e. The van der Waals surface area contributed by atoms with Gasteiger partial charge in [0.1, 0.15) is 9.67 Å². The van der Waals surface area contributed by atoms with Crippen molar-refractivity contribution in [1.82, 2.24) is 5.16 Å². The summed E-state index contributed by atoms with van der Waals surface area (Å²) in [5.41, 5.74) is 0. The first kappa shape index (κ1) is 12.5. The normalized spacial score (nSPS) is 12.5. The monoisotopic (exact) mass is 323 g/mol. The van der Waals surface area contributed by atoms with Crippen LogP contribution in [0.3, 0.4) is 0 Å². The molecule has 1 rings (SSSR count). The predicted molar refractivity (Wildman–Crippen MR) is 64.8 cm³/mol. The van der Waals surface area contributed by atoms with E-state index in [1.165, 1.54) is 6.08 Å². The van der Waals surface area contributed by atoms with Crippen molar-refractivity contribution in [1.29, 1.82) is 0 Å². The van der Waals surface area contributed by atoms with E-state index in [9.17, 15) is 5.11 Å². The van der Waals surface area contributed by atoms with E-state index >= 15 is 0 Å².